The zero-order chi connectivity index (χ0) is 17.1. The first-order valence-corrected chi connectivity index (χ1v) is 9.02. The number of rotatable bonds is 0. The van der Waals surface area contributed by atoms with Crippen LogP contribution in [0.2, 0.25) is 0 Å². The molecule has 1 N–H and O–H groups in total. The molecule has 2 aliphatic carbocycles. The van der Waals surface area contributed by atoms with Crippen molar-refractivity contribution in [2.24, 2.45) is 22.2 Å². The van der Waals surface area contributed by atoms with Crippen LogP contribution in [0.15, 0.2) is 0 Å². The largest absolute Gasteiger partial charge is 0.392 e. The van der Waals surface area contributed by atoms with Crippen LogP contribution in [-0.4, -0.2) is 36.0 Å². The molecule has 2 atom stereocenters. The molecule has 132 valence electrons. The summed E-state index contributed by atoms with van der Waals surface area (Å²) in [4.78, 5) is 12.4. The normalized spacial score (nSPS) is 37.9. The molecule has 23 heavy (non-hydrogen) atoms. The maximum atomic E-state index is 12.4. The molecule has 1 saturated heterocycles. The molecule has 0 radical (unpaired) electrons. The maximum Gasteiger partial charge on any atom is 0.168 e. The van der Waals surface area contributed by atoms with Crippen LogP contribution < -0.4 is 0 Å². The molecule has 3 fully saturated rings. The fraction of sp³-hybridized carbons (Fsp3) is 0.947. The molecule has 0 aromatic heterocycles. The molecule has 0 amide bonds. The Balaban J connectivity index is 1.80. The summed E-state index contributed by atoms with van der Waals surface area (Å²) in [6.45, 7) is 12.1. The van der Waals surface area contributed by atoms with E-state index in [9.17, 15) is 9.90 Å². The number of carbonyl (C=O) groups is 1. The number of aliphatic hydroxyl groups excluding tert-OH is 1. The fourth-order valence-corrected chi connectivity index (χ4v) is 5.00. The first-order valence-electron chi connectivity index (χ1n) is 9.02. The van der Waals surface area contributed by atoms with Gasteiger partial charge < -0.3 is 14.6 Å². The molecular formula is C19H32O4. The van der Waals surface area contributed by atoms with Gasteiger partial charge in [0.1, 0.15) is 5.78 Å². The summed E-state index contributed by atoms with van der Waals surface area (Å²) in [6.07, 6.45) is 3.14. The molecular weight excluding hydrogens is 292 g/mol. The molecule has 0 bridgehead atoms. The Hall–Kier alpha value is -0.450. The van der Waals surface area contributed by atoms with Crippen LogP contribution in [0.3, 0.4) is 0 Å². The van der Waals surface area contributed by atoms with Gasteiger partial charge in [0.2, 0.25) is 0 Å². The predicted molar refractivity (Wildman–Crippen MR) is 87.9 cm³/mol. The lowest BCUT2D eigenvalue weighted by molar-refractivity contribution is -0.323. The average molecular weight is 324 g/mol. The minimum atomic E-state index is -0.549. The second kappa shape index (κ2) is 5.27. The molecule has 1 aliphatic heterocycles. The van der Waals surface area contributed by atoms with Crippen molar-refractivity contribution in [1.82, 2.24) is 0 Å². The van der Waals surface area contributed by atoms with Gasteiger partial charge >= 0.3 is 0 Å². The van der Waals surface area contributed by atoms with Crippen LogP contribution in [0.5, 0.6) is 0 Å². The number of aliphatic hydroxyl groups is 1. The standard InChI is InChI=1S/C19H32O4/c1-13-14(20)10-15(21)17(4,5)18(13)6-8-19(9-7-18)22-11-16(2,3)12-23-19/h13,15,21H,6-12H2,1-5H3/t13-,15-/m0/s1. The average Bonchev–Trinajstić information content (AvgIpc) is 2.49. The summed E-state index contributed by atoms with van der Waals surface area (Å²) in [5, 5.41) is 10.5. The number of ether oxygens (including phenoxy) is 2. The monoisotopic (exact) mass is 324 g/mol. The Kier molecular flexibility index (Phi) is 3.98. The third-order valence-corrected chi connectivity index (χ3v) is 7.18. The van der Waals surface area contributed by atoms with Crippen molar-refractivity contribution >= 4 is 5.78 Å². The topological polar surface area (TPSA) is 55.8 Å². The van der Waals surface area contributed by atoms with Crippen LogP contribution in [0.25, 0.3) is 0 Å². The molecule has 2 saturated carbocycles. The minimum absolute atomic E-state index is 0.00159. The zero-order valence-corrected chi connectivity index (χ0v) is 15.3. The van der Waals surface area contributed by atoms with E-state index in [4.69, 9.17) is 9.47 Å². The summed E-state index contributed by atoms with van der Waals surface area (Å²) in [5.74, 6) is -0.264. The molecule has 0 unspecified atom stereocenters. The number of ketones is 1. The van der Waals surface area contributed by atoms with Crippen molar-refractivity contribution in [1.29, 1.82) is 0 Å². The Morgan fingerprint density at radius 1 is 1.00 bits per heavy atom. The van der Waals surface area contributed by atoms with Crippen LogP contribution in [-0.2, 0) is 14.3 Å². The Labute approximate surface area is 139 Å². The van der Waals surface area contributed by atoms with E-state index in [1.165, 1.54) is 0 Å². The summed E-state index contributed by atoms with van der Waals surface area (Å²) in [6, 6.07) is 0. The third kappa shape index (κ3) is 2.58. The van der Waals surface area contributed by atoms with E-state index in [1.54, 1.807) is 0 Å². The highest BCUT2D eigenvalue weighted by atomic mass is 16.7. The Morgan fingerprint density at radius 2 is 1.52 bits per heavy atom. The Bertz CT molecular complexity index is 474. The molecule has 4 heteroatoms. The van der Waals surface area contributed by atoms with Crippen LogP contribution in [0.1, 0.15) is 66.7 Å². The molecule has 1 heterocycles. The zero-order valence-electron chi connectivity index (χ0n) is 15.3. The first kappa shape index (κ1) is 17.4. The van der Waals surface area contributed by atoms with Gasteiger partial charge in [-0.25, -0.2) is 0 Å². The van der Waals surface area contributed by atoms with E-state index in [0.29, 0.717) is 6.42 Å². The summed E-state index contributed by atoms with van der Waals surface area (Å²) >= 11 is 0. The fourth-order valence-electron chi connectivity index (χ4n) is 5.00. The van der Waals surface area contributed by atoms with Crippen molar-refractivity contribution in [2.75, 3.05) is 13.2 Å². The lowest BCUT2D eigenvalue weighted by Gasteiger charge is -2.60. The van der Waals surface area contributed by atoms with E-state index in [-0.39, 0.29) is 27.9 Å². The van der Waals surface area contributed by atoms with Gasteiger partial charge in [-0.2, -0.15) is 0 Å². The van der Waals surface area contributed by atoms with Gasteiger partial charge in [-0.3, -0.25) is 4.79 Å². The van der Waals surface area contributed by atoms with E-state index in [0.717, 1.165) is 38.9 Å². The third-order valence-electron chi connectivity index (χ3n) is 7.18. The highest BCUT2D eigenvalue weighted by molar-refractivity contribution is 5.83. The van der Waals surface area contributed by atoms with Gasteiger partial charge in [-0.15, -0.1) is 0 Å². The molecule has 0 aromatic carbocycles. The molecule has 2 spiro atoms. The van der Waals surface area contributed by atoms with E-state index in [1.807, 2.05) is 0 Å². The van der Waals surface area contributed by atoms with Gasteiger partial charge in [0.15, 0.2) is 5.79 Å². The van der Waals surface area contributed by atoms with Crippen molar-refractivity contribution in [3.63, 3.8) is 0 Å². The van der Waals surface area contributed by atoms with Crippen LogP contribution >= 0.6 is 0 Å². The number of Topliss-reactive ketones (excluding diaryl/α,β-unsaturated/α-hetero) is 1. The molecule has 0 aromatic rings. The van der Waals surface area contributed by atoms with Crippen LogP contribution in [0.4, 0.5) is 0 Å². The van der Waals surface area contributed by atoms with Gasteiger partial charge in [0.25, 0.3) is 0 Å². The first-order chi connectivity index (χ1) is 10.5. The molecule has 3 aliphatic rings. The number of carbonyl (C=O) groups excluding carboxylic acids is 1. The smallest absolute Gasteiger partial charge is 0.168 e. The van der Waals surface area contributed by atoms with E-state index in [2.05, 4.69) is 34.6 Å². The van der Waals surface area contributed by atoms with E-state index >= 15 is 0 Å². The highest BCUT2D eigenvalue weighted by Gasteiger charge is 2.61. The predicted octanol–water partition coefficient (Wildman–Crippen LogP) is 3.31. The number of hydrogen-bond acceptors (Lipinski definition) is 4. The highest BCUT2D eigenvalue weighted by Crippen LogP contribution is 2.61. The van der Waals surface area contributed by atoms with Crippen molar-refractivity contribution in [3.05, 3.63) is 0 Å². The van der Waals surface area contributed by atoms with Crippen molar-refractivity contribution in [2.45, 2.75) is 78.6 Å². The summed E-state index contributed by atoms with van der Waals surface area (Å²) < 4.78 is 12.3. The quantitative estimate of drug-likeness (QED) is 0.743. The lowest BCUT2D eigenvalue weighted by Crippen LogP contribution is -2.61. The lowest BCUT2D eigenvalue weighted by atomic mass is 9.47. The maximum absolute atomic E-state index is 12.4. The van der Waals surface area contributed by atoms with Gasteiger partial charge in [-0.05, 0) is 23.7 Å². The second-order valence-electron chi connectivity index (χ2n) is 9.44. The SMILES string of the molecule is C[C@H]1C(=O)C[C@H](O)C(C)(C)C12CCC1(CC2)OCC(C)(C)CO1. The summed E-state index contributed by atoms with van der Waals surface area (Å²) in [7, 11) is 0. The number of hydrogen-bond donors (Lipinski definition) is 1. The van der Waals surface area contributed by atoms with Gasteiger partial charge in [0, 0.05) is 30.6 Å². The molecule has 4 nitrogen and oxygen atoms in total. The minimum Gasteiger partial charge on any atom is -0.392 e. The second-order valence-corrected chi connectivity index (χ2v) is 9.44. The van der Waals surface area contributed by atoms with Gasteiger partial charge in [0.05, 0.1) is 19.3 Å². The van der Waals surface area contributed by atoms with Crippen molar-refractivity contribution in [3.8, 4) is 0 Å². The molecule has 3 rings (SSSR count). The van der Waals surface area contributed by atoms with Crippen LogP contribution in [0, 0.1) is 22.2 Å². The van der Waals surface area contributed by atoms with Crippen molar-refractivity contribution < 1.29 is 19.4 Å². The summed E-state index contributed by atoms with van der Waals surface area (Å²) in [5.41, 5.74) is -0.327. The Morgan fingerprint density at radius 3 is 2.04 bits per heavy atom. The van der Waals surface area contributed by atoms with E-state index < -0.39 is 11.9 Å². The van der Waals surface area contributed by atoms with Gasteiger partial charge in [-0.1, -0.05) is 34.6 Å².